The minimum absolute atomic E-state index is 0.131. The third-order valence-electron chi connectivity index (χ3n) is 2.55. The number of benzene rings is 1. The first-order chi connectivity index (χ1) is 7.50. The molecule has 0 aliphatic heterocycles. The standard InChI is InChI=1S/C12H19NO2S/c1-9-4-5-12(14)11(6-9)8-13-7-10(2)16(3)15/h4-6,10,13-14H,7-8H2,1-3H3. The smallest absolute Gasteiger partial charge is 0.120 e. The van der Waals surface area contributed by atoms with Gasteiger partial charge in [0, 0.05) is 41.0 Å². The van der Waals surface area contributed by atoms with Crippen LogP contribution < -0.4 is 5.32 Å². The second-order valence-corrected chi connectivity index (χ2v) is 5.87. The molecule has 2 N–H and O–H groups in total. The highest BCUT2D eigenvalue weighted by Gasteiger charge is 2.06. The third-order valence-corrected chi connectivity index (χ3v) is 3.85. The van der Waals surface area contributed by atoms with Gasteiger partial charge in [-0.3, -0.25) is 4.21 Å². The molecule has 0 aliphatic rings. The fraction of sp³-hybridized carbons (Fsp3) is 0.500. The van der Waals surface area contributed by atoms with Crippen LogP contribution in [0.15, 0.2) is 18.2 Å². The Morgan fingerprint density at radius 2 is 2.19 bits per heavy atom. The first-order valence-corrected chi connectivity index (χ1v) is 6.94. The van der Waals surface area contributed by atoms with E-state index in [-0.39, 0.29) is 5.25 Å². The molecule has 0 saturated heterocycles. The van der Waals surface area contributed by atoms with Crippen LogP contribution in [0, 0.1) is 6.92 Å². The van der Waals surface area contributed by atoms with Gasteiger partial charge in [-0.2, -0.15) is 0 Å². The average molecular weight is 241 g/mol. The highest BCUT2D eigenvalue weighted by atomic mass is 32.2. The first-order valence-electron chi connectivity index (χ1n) is 5.32. The Bertz CT molecular complexity index is 379. The maximum absolute atomic E-state index is 11.1. The van der Waals surface area contributed by atoms with Crippen LogP contribution in [-0.2, 0) is 17.3 Å². The normalized spacial score (nSPS) is 14.7. The molecule has 0 radical (unpaired) electrons. The SMILES string of the molecule is Cc1ccc(O)c(CNCC(C)S(C)=O)c1. The Hall–Kier alpha value is -0.870. The quantitative estimate of drug-likeness (QED) is 0.822. The van der Waals surface area contributed by atoms with Gasteiger partial charge in [0.15, 0.2) is 0 Å². The van der Waals surface area contributed by atoms with E-state index in [9.17, 15) is 9.32 Å². The van der Waals surface area contributed by atoms with E-state index >= 15 is 0 Å². The molecule has 0 bridgehead atoms. The molecule has 1 aromatic rings. The van der Waals surface area contributed by atoms with Crippen LogP contribution in [0.2, 0.25) is 0 Å². The lowest BCUT2D eigenvalue weighted by molar-refractivity contribution is 0.464. The minimum atomic E-state index is -0.803. The molecule has 4 heteroatoms. The lowest BCUT2D eigenvalue weighted by Gasteiger charge is -2.11. The molecule has 90 valence electrons. The molecule has 0 amide bonds. The van der Waals surface area contributed by atoms with Gasteiger partial charge in [-0.1, -0.05) is 17.7 Å². The molecule has 0 fully saturated rings. The Morgan fingerprint density at radius 3 is 2.81 bits per heavy atom. The number of hydrogen-bond acceptors (Lipinski definition) is 3. The van der Waals surface area contributed by atoms with Crippen molar-refractivity contribution in [2.45, 2.75) is 25.6 Å². The van der Waals surface area contributed by atoms with E-state index in [0.29, 0.717) is 18.8 Å². The van der Waals surface area contributed by atoms with Gasteiger partial charge in [0.05, 0.1) is 0 Å². The second kappa shape index (κ2) is 6.01. The number of nitrogens with one attached hydrogen (secondary N) is 1. The van der Waals surface area contributed by atoms with Gasteiger partial charge in [-0.25, -0.2) is 0 Å². The van der Waals surface area contributed by atoms with E-state index in [0.717, 1.165) is 11.1 Å². The van der Waals surface area contributed by atoms with Crippen molar-refractivity contribution >= 4 is 10.8 Å². The molecule has 0 saturated carbocycles. The van der Waals surface area contributed by atoms with Crippen molar-refractivity contribution in [1.29, 1.82) is 0 Å². The van der Waals surface area contributed by atoms with Crippen LogP contribution in [0.25, 0.3) is 0 Å². The number of rotatable bonds is 5. The number of aryl methyl sites for hydroxylation is 1. The fourth-order valence-electron chi connectivity index (χ4n) is 1.38. The molecule has 16 heavy (non-hydrogen) atoms. The molecule has 0 spiro atoms. The molecule has 0 heterocycles. The Labute approximate surface area is 99.3 Å². The molecule has 1 aromatic carbocycles. The van der Waals surface area contributed by atoms with Crippen LogP contribution in [0.5, 0.6) is 5.75 Å². The van der Waals surface area contributed by atoms with Crippen molar-refractivity contribution < 1.29 is 9.32 Å². The lowest BCUT2D eigenvalue weighted by atomic mass is 10.1. The van der Waals surface area contributed by atoms with Gasteiger partial charge >= 0.3 is 0 Å². The third kappa shape index (κ3) is 3.94. The Balaban J connectivity index is 2.48. The number of phenolic OH excluding ortho intramolecular Hbond substituents is 1. The maximum atomic E-state index is 11.1. The highest BCUT2D eigenvalue weighted by Crippen LogP contribution is 2.17. The number of phenols is 1. The van der Waals surface area contributed by atoms with E-state index in [1.54, 1.807) is 12.3 Å². The van der Waals surface area contributed by atoms with Gasteiger partial charge in [-0.15, -0.1) is 0 Å². The topological polar surface area (TPSA) is 49.3 Å². The number of hydrogen-bond donors (Lipinski definition) is 2. The van der Waals surface area contributed by atoms with Crippen LogP contribution in [0.4, 0.5) is 0 Å². The fourth-order valence-corrected chi connectivity index (χ4v) is 1.74. The number of aromatic hydroxyl groups is 1. The van der Waals surface area contributed by atoms with Crippen LogP contribution >= 0.6 is 0 Å². The van der Waals surface area contributed by atoms with Gasteiger partial charge in [0.2, 0.25) is 0 Å². The lowest BCUT2D eigenvalue weighted by Crippen LogP contribution is -2.27. The first kappa shape index (κ1) is 13.2. The van der Waals surface area contributed by atoms with Crippen molar-refractivity contribution in [2.75, 3.05) is 12.8 Å². The zero-order valence-corrected chi connectivity index (χ0v) is 10.8. The Morgan fingerprint density at radius 1 is 1.50 bits per heavy atom. The van der Waals surface area contributed by atoms with Gasteiger partial charge in [-0.05, 0) is 19.9 Å². The minimum Gasteiger partial charge on any atom is -0.508 e. The molecular weight excluding hydrogens is 222 g/mol. The summed E-state index contributed by atoms with van der Waals surface area (Å²) < 4.78 is 11.1. The van der Waals surface area contributed by atoms with Gasteiger partial charge in [0.1, 0.15) is 5.75 Å². The zero-order chi connectivity index (χ0) is 12.1. The summed E-state index contributed by atoms with van der Waals surface area (Å²) in [6.45, 7) is 5.23. The summed E-state index contributed by atoms with van der Waals surface area (Å²) in [6.07, 6.45) is 1.70. The predicted octanol–water partition coefficient (Wildman–Crippen LogP) is 1.56. The van der Waals surface area contributed by atoms with E-state index in [1.807, 2.05) is 26.0 Å². The van der Waals surface area contributed by atoms with Crippen LogP contribution in [0.3, 0.4) is 0 Å². The summed E-state index contributed by atoms with van der Waals surface area (Å²) in [5.41, 5.74) is 2.01. The summed E-state index contributed by atoms with van der Waals surface area (Å²) in [7, 11) is -0.803. The van der Waals surface area contributed by atoms with Crippen molar-refractivity contribution in [3.8, 4) is 5.75 Å². The summed E-state index contributed by atoms with van der Waals surface area (Å²) in [5.74, 6) is 0.309. The van der Waals surface area contributed by atoms with Crippen molar-refractivity contribution in [1.82, 2.24) is 5.32 Å². The molecule has 0 aliphatic carbocycles. The summed E-state index contributed by atoms with van der Waals surface area (Å²) in [5, 5.41) is 12.9. The van der Waals surface area contributed by atoms with E-state index in [4.69, 9.17) is 0 Å². The van der Waals surface area contributed by atoms with Gasteiger partial charge in [0.25, 0.3) is 0 Å². The van der Waals surface area contributed by atoms with Crippen molar-refractivity contribution in [3.63, 3.8) is 0 Å². The molecule has 1 rings (SSSR count). The van der Waals surface area contributed by atoms with Crippen LogP contribution in [0.1, 0.15) is 18.1 Å². The van der Waals surface area contributed by atoms with E-state index in [1.165, 1.54) is 0 Å². The van der Waals surface area contributed by atoms with Gasteiger partial charge < -0.3 is 10.4 Å². The Kier molecular flexibility index (Phi) is 4.96. The second-order valence-electron chi connectivity index (χ2n) is 4.07. The van der Waals surface area contributed by atoms with E-state index < -0.39 is 10.8 Å². The average Bonchev–Trinajstić information content (AvgIpc) is 2.22. The van der Waals surface area contributed by atoms with Crippen LogP contribution in [-0.4, -0.2) is 27.4 Å². The maximum Gasteiger partial charge on any atom is 0.120 e. The summed E-state index contributed by atoms with van der Waals surface area (Å²) >= 11 is 0. The van der Waals surface area contributed by atoms with Crippen molar-refractivity contribution in [3.05, 3.63) is 29.3 Å². The predicted molar refractivity (Wildman–Crippen MR) is 68.1 cm³/mol. The molecule has 2 atom stereocenters. The summed E-state index contributed by atoms with van der Waals surface area (Å²) in [4.78, 5) is 0. The molecule has 0 aromatic heterocycles. The summed E-state index contributed by atoms with van der Waals surface area (Å²) in [6, 6.07) is 5.53. The molecular formula is C12H19NO2S. The zero-order valence-electron chi connectivity index (χ0n) is 9.99. The van der Waals surface area contributed by atoms with E-state index in [2.05, 4.69) is 5.32 Å². The van der Waals surface area contributed by atoms with Crippen molar-refractivity contribution in [2.24, 2.45) is 0 Å². The highest BCUT2D eigenvalue weighted by molar-refractivity contribution is 7.84. The monoisotopic (exact) mass is 241 g/mol. The molecule has 2 unspecified atom stereocenters. The molecule has 3 nitrogen and oxygen atoms in total. The largest absolute Gasteiger partial charge is 0.508 e.